The molecule has 4 heteroatoms. The average molecular weight is 289 g/mol. The van der Waals surface area contributed by atoms with Crippen LogP contribution in [0.1, 0.15) is 25.8 Å². The van der Waals surface area contributed by atoms with Crippen molar-refractivity contribution < 1.29 is 14.2 Å². The summed E-state index contributed by atoms with van der Waals surface area (Å²) in [6, 6.07) is 11.2. The van der Waals surface area contributed by atoms with Crippen molar-refractivity contribution in [2.45, 2.75) is 32.3 Å². The number of anilines is 1. The van der Waals surface area contributed by atoms with E-state index in [2.05, 4.69) is 0 Å². The van der Waals surface area contributed by atoms with Gasteiger partial charge in [-0.1, -0.05) is 0 Å². The van der Waals surface area contributed by atoms with Gasteiger partial charge in [-0.3, -0.25) is 0 Å². The molecule has 0 heterocycles. The molecule has 0 radical (unpaired) electrons. The summed E-state index contributed by atoms with van der Waals surface area (Å²) in [6.07, 6.45) is 1.27. The first-order chi connectivity index (χ1) is 9.83. The smallest absolute Gasteiger partial charge is 0.127 e. The van der Waals surface area contributed by atoms with Crippen LogP contribution >= 0.6 is 0 Å². The van der Waals surface area contributed by atoms with E-state index in [-0.39, 0.29) is 5.82 Å². The van der Waals surface area contributed by atoms with Gasteiger partial charge >= 0.3 is 0 Å². The highest BCUT2D eigenvalue weighted by Crippen LogP contribution is 2.27. The van der Waals surface area contributed by atoms with Gasteiger partial charge in [0.05, 0.1) is 5.60 Å². The summed E-state index contributed by atoms with van der Waals surface area (Å²) < 4.78 is 18.5. The third kappa shape index (κ3) is 4.76. The topological polar surface area (TPSA) is 55.5 Å². The number of hydrogen-bond donors (Lipinski definition) is 2. The van der Waals surface area contributed by atoms with Gasteiger partial charge in [-0.15, -0.1) is 0 Å². The highest BCUT2D eigenvalue weighted by molar-refractivity contribution is 5.51. The number of nitrogens with two attached hydrogens (primary N) is 1. The number of halogens is 1. The molecule has 0 atom stereocenters. The Kier molecular flexibility index (Phi) is 4.48. The summed E-state index contributed by atoms with van der Waals surface area (Å²) in [5, 5.41) is 9.79. The number of nitrogen functional groups attached to an aromatic ring is 1. The summed E-state index contributed by atoms with van der Waals surface area (Å²) in [6.45, 7) is 3.53. The first kappa shape index (κ1) is 15.3. The third-order valence-corrected chi connectivity index (χ3v) is 3.17. The van der Waals surface area contributed by atoms with Crippen molar-refractivity contribution >= 4 is 5.69 Å². The molecule has 0 aliphatic heterocycles. The Balaban J connectivity index is 2.12. The molecule has 3 N–H and O–H groups in total. The van der Waals surface area contributed by atoms with Crippen molar-refractivity contribution in [3.05, 3.63) is 53.8 Å². The van der Waals surface area contributed by atoms with E-state index in [1.807, 2.05) is 6.07 Å². The number of ether oxygens (including phenoxy) is 1. The lowest BCUT2D eigenvalue weighted by Crippen LogP contribution is -2.19. The zero-order valence-electron chi connectivity index (χ0n) is 12.3. The minimum atomic E-state index is -0.736. The van der Waals surface area contributed by atoms with Crippen LogP contribution in [0.5, 0.6) is 11.5 Å². The predicted octanol–water partition coefficient (Wildman–Crippen LogP) is 3.90. The van der Waals surface area contributed by atoms with Crippen LogP contribution in [0.25, 0.3) is 0 Å². The summed E-state index contributed by atoms with van der Waals surface area (Å²) in [5.41, 5.74) is 6.81. The molecule has 0 saturated carbocycles. The molecule has 0 aliphatic rings. The molecule has 2 aromatic rings. The minimum Gasteiger partial charge on any atom is -0.457 e. The van der Waals surface area contributed by atoms with Crippen LogP contribution in [0, 0.1) is 5.82 Å². The zero-order chi connectivity index (χ0) is 15.5. The Morgan fingerprint density at radius 2 is 1.71 bits per heavy atom. The van der Waals surface area contributed by atoms with Crippen LogP contribution < -0.4 is 10.5 Å². The molecule has 0 aliphatic carbocycles. The Labute approximate surface area is 124 Å². The number of aliphatic hydroxyl groups is 1. The van der Waals surface area contributed by atoms with E-state index in [9.17, 15) is 9.50 Å². The van der Waals surface area contributed by atoms with E-state index < -0.39 is 5.60 Å². The van der Waals surface area contributed by atoms with Crippen molar-refractivity contribution in [1.82, 2.24) is 0 Å². The van der Waals surface area contributed by atoms with E-state index in [0.717, 1.165) is 5.56 Å². The van der Waals surface area contributed by atoms with Gasteiger partial charge in [-0.05, 0) is 74.7 Å². The van der Waals surface area contributed by atoms with Crippen molar-refractivity contribution in [3.8, 4) is 11.5 Å². The second-order valence-corrected chi connectivity index (χ2v) is 5.73. The molecular weight excluding hydrogens is 269 g/mol. The second-order valence-electron chi connectivity index (χ2n) is 5.73. The normalized spacial score (nSPS) is 11.4. The van der Waals surface area contributed by atoms with Crippen molar-refractivity contribution in [3.63, 3.8) is 0 Å². The largest absolute Gasteiger partial charge is 0.457 e. The van der Waals surface area contributed by atoms with E-state index in [4.69, 9.17) is 10.5 Å². The Bertz CT molecular complexity index is 603. The summed E-state index contributed by atoms with van der Waals surface area (Å²) >= 11 is 0. The maximum atomic E-state index is 12.9. The lowest BCUT2D eigenvalue weighted by molar-refractivity contribution is 0.0714. The Morgan fingerprint density at radius 1 is 1.10 bits per heavy atom. The molecule has 2 aromatic carbocycles. The van der Waals surface area contributed by atoms with Crippen molar-refractivity contribution in [1.29, 1.82) is 0 Å². The van der Waals surface area contributed by atoms with Crippen LogP contribution in [-0.2, 0) is 6.42 Å². The number of aryl methyl sites for hydroxylation is 1. The standard InChI is InChI=1S/C17H20FNO2/c1-17(2,20)10-9-12-11-15(7-8-16(12)19)21-14-5-3-13(18)4-6-14/h3-8,11,20H,9-10,19H2,1-2H3. The first-order valence-electron chi connectivity index (χ1n) is 6.88. The van der Waals surface area contributed by atoms with E-state index >= 15 is 0 Å². The molecule has 0 amide bonds. The SMILES string of the molecule is CC(C)(O)CCc1cc(Oc2ccc(F)cc2)ccc1N. The lowest BCUT2D eigenvalue weighted by Gasteiger charge is -2.17. The van der Waals surface area contributed by atoms with Gasteiger partial charge in [0.2, 0.25) is 0 Å². The van der Waals surface area contributed by atoms with E-state index in [0.29, 0.717) is 30.0 Å². The first-order valence-corrected chi connectivity index (χ1v) is 6.88. The van der Waals surface area contributed by atoms with E-state index in [1.54, 1.807) is 38.1 Å². The van der Waals surface area contributed by atoms with Gasteiger partial charge in [0.25, 0.3) is 0 Å². The molecular formula is C17H20FNO2. The third-order valence-electron chi connectivity index (χ3n) is 3.17. The minimum absolute atomic E-state index is 0.300. The zero-order valence-corrected chi connectivity index (χ0v) is 12.3. The molecule has 112 valence electrons. The highest BCUT2D eigenvalue weighted by Gasteiger charge is 2.13. The number of rotatable bonds is 5. The van der Waals surface area contributed by atoms with Gasteiger partial charge in [-0.25, -0.2) is 4.39 Å². The molecule has 0 bridgehead atoms. The Morgan fingerprint density at radius 3 is 2.33 bits per heavy atom. The molecule has 3 nitrogen and oxygen atoms in total. The molecule has 0 fully saturated rings. The molecule has 0 saturated heterocycles. The molecule has 21 heavy (non-hydrogen) atoms. The quantitative estimate of drug-likeness (QED) is 0.821. The molecule has 0 aromatic heterocycles. The van der Waals surface area contributed by atoms with Gasteiger partial charge in [0.1, 0.15) is 17.3 Å². The second kappa shape index (κ2) is 6.14. The monoisotopic (exact) mass is 289 g/mol. The van der Waals surface area contributed by atoms with Crippen LogP contribution in [0.2, 0.25) is 0 Å². The fourth-order valence-corrected chi connectivity index (χ4v) is 1.94. The number of benzene rings is 2. The molecule has 0 spiro atoms. The van der Waals surface area contributed by atoms with Crippen LogP contribution in [0.3, 0.4) is 0 Å². The fourth-order valence-electron chi connectivity index (χ4n) is 1.94. The van der Waals surface area contributed by atoms with Gasteiger partial charge in [0, 0.05) is 5.69 Å². The van der Waals surface area contributed by atoms with Crippen molar-refractivity contribution in [2.75, 3.05) is 5.73 Å². The van der Waals surface area contributed by atoms with Crippen LogP contribution in [0.15, 0.2) is 42.5 Å². The average Bonchev–Trinajstić information content (AvgIpc) is 2.41. The van der Waals surface area contributed by atoms with Gasteiger partial charge in [-0.2, -0.15) is 0 Å². The number of hydrogen-bond acceptors (Lipinski definition) is 3. The highest BCUT2D eigenvalue weighted by atomic mass is 19.1. The summed E-state index contributed by atoms with van der Waals surface area (Å²) in [4.78, 5) is 0. The Hall–Kier alpha value is -2.07. The summed E-state index contributed by atoms with van der Waals surface area (Å²) in [5.74, 6) is 0.904. The van der Waals surface area contributed by atoms with Crippen molar-refractivity contribution in [2.24, 2.45) is 0 Å². The summed E-state index contributed by atoms with van der Waals surface area (Å²) in [7, 11) is 0. The molecule has 2 rings (SSSR count). The fraction of sp³-hybridized carbons (Fsp3) is 0.294. The lowest BCUT2D eigenvalue weighted by atomic mass is 9.98. The van der Waals surface area contributed by atoms with Crippen LogP contribution in [-0.4, -0.2) is 10.7 Å². The molecule has 0 unspecified atom stereocenters. The van der Waals surface area contributed by atoms with Gasteiger partial charge in [0.15, 0.2) is 0 Å². The maximum Gasteiger partial charge on any atom is 0.127 e. The van der Waals surface area contributed by atoms with Crippen LogP contribution in [0.4, 0.5) is 10.1 Å². The van der Waals surface area contributed by atoms with Gasteiger partial charge < -0.3 is 15.6 Å². The maximum absolute atomic E-state index is 12.9. The predicted molar refractivity (Wildman–Crippen MR) is 81.9 cm³/mol. The van der Waals surface area contributed by atoms with E-state index in [1.165, 1.54) is 12.1 Å².